The van der Waals surface area contributed by atoms with Gasteiger partial charge in [0.2, 0.25) is 5.91 Å². The van der Waals surface area contributed by atoms with E-state index >= 15 is 0 Å². The second kappa shape index (κ2) is 5.25. The maximum Gasteiger partial charge on any atom is 0.247 e. The SMILES string of the molecule is Cc1ccc(C(C)NCC(O)C(N)=O)s1. The lowest BCUT2D eigenvalue weighted by Crippen LogP contribution is -2.38. The third-order valence-electron chi connectivity index (χ3n) is 2.13. The molecule has 84 valence electrons. The number of hydrogen-bond acceptors (Lipinski definition) is 4. The summed E-state index contributed by atoms with van der Waals surface area (Å²) in [6.07, 6.45) is -1.12. The first-order valence-corrected chi connectivity index (χ1v) is 5.59. The third kappa shape index (κ3) is 3.62. The molecule has 1 aromatic heterocycles. The number of hydrogen-bond donors (Lipinski definition) is 3. The van der Waals surface area contributed by atoms with E-state index in [0.29, 0.717) is 0 Å². The zero-order valence-corrected chi connectivity index (χ0v) is 9.67. The molecule has 2 atom stereocenters. The summed E-state index contributed by atoms with van der Waals surface area (Å²) in [4.78, 5) is 13.0. The summed E-state index contributed by atoms with van der Waals surface area (Å²) >= 11 is 1.70. The molecular weight excluding hydrogens is 212 g/mol. The Morgan fingerprint density at radius 3 is 2.80 bits per heavy atom. The van der Waals surface area contributed by atoms with E-state index in [1.807, 2.05) is 26.0 Å². The molecule has 1 aromatic rings. The van der Waals surface area contributed by atoms with Crippen LogP contribution in [0.1, 0.15) is 22.7 Å². The monoisotopic (exact) mass is 228 g/mol. The Kier molecular flexibility index (Phi) is 4.26. The van der Waals surface area contributed by atoms with Crippen molar-refractivity contribution in [3.8, 4) is 0 Å². The normalized spacial score (nSPS) is 14.9. The van der Waals surface area contributed by atoms with Crippen molar-refractivity contribution < 1.29 is 9.90 Å². The smallest absolute Gasteiger partial charge is 0.247 e. The van der Waals surface area contributed by atoms with E-state index in [2.05, 4.69) is 5.32 Å². The van der Waals surface area contributed by atoms with E-state index in [1.54, 1.807) is 11.3 Å². The number of amides is 1. The van der Waals surface area contributed by atoms with Gasteiger partial charge in [-0.15, -0.1) is 11.3 Å². The van der Waals surface area contributed by atoms with Crippen molar-refractivity contribution in [2.75, 3.05) is 6.54 Å². The van der Waals surface area contributed by atoms with Crippen molar-refractivity contribution in [2.45, 2.75) is 26.0 Å². The topological polar surface area (TPSA) is 75.3 Å². The zero-order valence-electron chi connectivity index (χ0n) is 8.86. The molecule has 0 radical (unpaired) electrons. The summed E-state index contributed by atoms with van der Waals surface area (Å²) in [5, 5.41) is 12.2. The Labute approximate surface area is 93.1 Å². The van der Waals surface area contributed by atoms with Gasteiger partial charge in [-0.1, -0.05) is 0 Å². The highest BCUT2D eigenvalue weighted by atomic mass is 32.1. The number of aryl methyl sites for hydroxylation is 1. The fraction of sp³-hybridized carbons (Fsp3) is 0.500. The van der Waals surface area contributed by atoms with Crippen LogP contribution in [-0.2, 0) is 4.79 Å². The lowest BCUT2D eigenvalue weighted by molar-refractivity contribution is -0.125. The van der Waals surface area contributed by atoms with Crippen molar-refractivity contribution in [3.05, 3.63) is 21.9 Å². The van der Waals surface area contributed by atoms with Crippen LogP contribution in [0.4, 0.5) is 0 Å². The second-order valence-corrected chi connectivity index (χ2v) is 4.82. The lowest BCUT2D eigenvalue weighted by Gasteiger charge is -2.13. The second-order valence-electron chi connectivity index (χ2n) is 3.50. The fourth-order valence-electron chi connectivity index (χ4n) is 1.18. The predicted octanol–water partition coefficient (Wildman–Crippen LogP) is 0.553. The average Bonchev–Trinajstić information content (AvgIpc) is 2.60. The molecule has 5 heteroatoms. The molecule has 0 aliphatic carbocycles. The minimum Gasteiger partial charge on any atom is -0.382 e. The van der Waals surface area contributed by atoms with Crippen LogP contribution >= 0.6 is 11.3 Å². The highest BCUT2D eigenvalue weighted by Crippen LogP contribution is 2.21. The van der Waals surface area contributed by atoms with Crippen molar-refractivity contribution in [2.24, 2.45) is 5.73 Å². The molecule has 1 heterocycles. The van der Waals surface area contributed by atoms with Crippen molar-refractivity contribution in [1.29, 1.82) is 0 Å². The lowest BCUT2D eigenvalue weighted by atomic mass is 10.2. The first-order chi connectivity index (χ1) is 7.00. The highest BCUT2D eigenvalue weighted by molar-refractivity contribution is 7.12. The van der Waals surface area contributed by atoms with Crippen LogP contribution < -0.4 is 11.1 Å². The van der Waals surface area contributed by atoms with Gasteiger partial charge in [-0.3, -0.25) is 4.79 Å². The Morgan fingerprint density at radius 1 is 1.67 bits per heavy atom. The molecule has 0 saturated heterocycles. The molecule has 0 aromatic carbocycles. The van der Waals surface area contributed by atoms with Gasteiger partial charge in [0.15, 0.2) is 0 Å². The molecule has 4 N–H and O–H groups in total. The molecule has 1 amide bonds. The Bertz CT molecular complexity index is 338. The third-order valence-corrected chi connectivity index (χ3v) is 3.32. The number of rotatable bonds is 5. The van der Waals surface area contributed by atoms with Gasteiger partial charge >= 0.3 is 0 Å². The van der Waals surface area contributed by atoms with E-state index in [9.17, 15) is 9.90 Å². The summed E-state index contributed by atoms with van der Waals surface area (Å²) in [6.45, 7) is 4.21. The molecule has 15 heavy (non-hydrogen) atoms. The molecule has 0 aliphatic rings. The highest BCUT2D eigenvalue weighted by Gasteiger charge is 2.13. The van der Waals surface area contributed by atoms with Crippen LogP contribution in [0.5, 0.6) is 0 Å². The number of nitrogens with one attached hydrogen (secondary N) is 1. The quantitative estimate of drug-likeness (QED) is 0.689. The summed E-state index contributed by atoms with van der Waals surface area (Å²) in [6, 6.07) is 4.20. The number of aliphatic hydroxyl groups excluding tert-OH is 1. The van der Waals surface area contributed by atoms with E-state index < -0.39 is 12.0 Å². The van der Waals surface area contributed by atoms with Crippen LogP contribution in [0.2, 0.25) is 0 Å². The number of carbonyl (C=O) groups excluding carboxylic acids is 1. The van der Waals surface area contributed by atoms with Gasteiger partial charge in [-0.25, -0.2) is 0 Å². The van der Waals surface area contributed by atoms with Gasteiger partial charge in [0.25, 0.3) is 0 Å². The molecule has 2 unspecified atom stereocenters. The molecule has 0 bridgehead atoms. The minimum atomic E-state index is -1.12. The fourth-order valence-corrected chi connectivity index (χ4v) is 2.08. The van der Waals surface area contributed by atoms with Crippen LogP contribution in [0.3, 0.4) is 0 Å². The molecule has 0 aliphatic heterocycles. The van der Waals surface area contributed by atoms with Gasteiger partial charge < -0.3 is 16.2 Å². The summed E-state index contributed by atoms with van der Waals surface area (Å²) in [5.41, 5.74) is 4.94. The molecular formula is C10H16N2O2S. The van der Waals surface area contributed by atoms with Gasteiger partial charge in [0.05, 0.1) is 0 Å². The van der Waals surface area contributed by atoms with E-state index in [1.165, 1.54) is 9.75 Å². The van der Waals surface area contributed by atoms with Crippen molar-refractivity contribution >= 4 is 17.2 Å². The summed E-state index contributed by atoms with van der Waals surface area (Å²) in [7, 11) is 0. The Hall–Kier alpha value is -0.910. The van der Waals surface area contributed by atoms with Gasteiger partial charge in [-0.05, 0) is 26.0 Å². The molecule has 4 nitrogen and oxygen atoms in total. The van der Waals surface area contributed by atoms with Crippen LogP contribution in [0, 0.1) is 6.92 Å². The van der Waals surface area contributed by atoms with Gasteiger partial charge in [-0.2, -0.15) is 0 Å². The molecule has 0 saturated carbocycles. The molecule has 0 spiro atoms. The number of primary amides is 1. The first kappa shape index (κ1) is 12.2. The summed E-state index contributed by atoms with van der Waals surface area (Å²) in [5.74, 6) is -0.697. The van der Waals surface area contributed by atoms with Crippen LogP contribution in [-0.4, -0.2) is 23.7 Å². The van der Waals surface area contributed by atoms with E-state index in [4.69, 9.17) is 5.73 Å². The van der Waals surface area contributed by atoms with Crippen molar-refractivity contribution in [3.63, 3.8) is 0 Å². The van der Waals surface area contributed by atoms with E-state index in [-0.39, 0.29) is 12.6 Å². The standard InChI is InChI=1S/C10H16N2O2S/c1-6-3-4-9(15-6)7(2)12-5-8(13)10(11)14/h3-4,7-8,12-13H,5H2,1-2H3,(H2,11,14). The number of thiophene rings is 1. The Balaban J connectivity index is 2.43. The number of nitrogens with two attached hydrogens (primary N) is 1. The molecule has 1 rings (SSSR count). The largest absolute Gasteiger partial charge is 0.382 e. The summed E-state index contributed by atoms with van der Waals surface area (Å²) < 4.78 is 0. The zero-order chi connectivity index (χ0) is 11.4. The van der Waals surface area contributed by atoms with Gasteiger partial charge in [0.1, 0.15) is 6.10 Å². The predicted molar refractivity (Wildman–Crippen MR) is 60.7 cm³/mol. The maximum absolute atomic E-state index is 10.6. The molecule has 0 fully saturated rings. The van der Waals surface area contributed by atoms with Crippen LogP contribution in [0.15, 0.2) is 12.1 Å². The van der Waals surface area contributed by atoms with E-state index in [0.717, 1.165) is 0 Å². The number of aliphatic hydroxyl groups is 1. The maximum atomic E-state index is 10.6. The van der Waals surface area contributed by atoms with Crippen molar-refractivity contribution in [1.82, 2.24) is 5.32 Å². The number of carbonyl (C=O) groups is 1. The Morgan fingerprint density at radius 2 is 2.33 bits per heavy atom. The first-order valence-electron chi connectivity index (χ1n) is 4.78. The minimum absolute atomic E-state index is 0.123. The van der Waals surface area contributed by atoms with Gasteiger partial charge in [0, 0.05) is 22.3 Å². The van der Waals surface area contributed by atoms with Crippen LogP contribution in [0.25, 0.3) is 0 Å². The average molecular weight is 228 g/mol.